The number of aryl methyl sites for hydroxylation is 1. The van der Waals surface area contributed by atoms with Crippen LogP contribution in [0, 0.1) is 0 Å². The van der Waals surface area contributed by atoms with E-state index in [9.17, 15) is 13.2 Å². The monoisotopic (exact) mass is 499 g/mol. The van der Waals surface area contributed by atoms with Crippen LogP contribution in [0.5, 0.6) is 0 Å². The molecule has 34 heavy (non-hydrogen) atoms. The van der Waals surface area contributed by atoms with Gasteiger partial charge in [-0.05, 0) is 24.3 Å². The SMILES string of the molecule is CCN(CC)S(=O)(=O)c1cccc(-c2nnc(SCCc3nc4ccccc4c(=O)[nH]3)n2N)c1. The molecule has 0 aliphatic carbocycles. The van der Waals surface area contributed by atoms with Crippen LogP contribution in [0.2, 0.25) is 0 Å². The fourth-order valence-corrected chi connectivity index (χ4v) is 5.88. The van der Waals surface area contributed by atoms with Gasteiger partial charge in [-0.15, -0.1) is 10.2 Å². The predicted molar refractivity (Wildman–Crippen MR) is 133 cm³/mol. The number of thioether (sulfide) groups is 1. The molecule has 0 atom stereocenters. The molecule has 0 radical (unpaired) electrons. The third-order valence-electron chi connectivity index (χ3n) is 5.33. The Labute approximate surface area is 201 Å². The van der Waals surface area contributed by atoms with Gasteiger partial charge in [-0.25, -0.2) is 18.1 Å². The molecule has 0 bridgehead atoms. The van der Waals surface area contributed by atoms with Crippen molar-refractivity contribution in [3.63, 3.8) is 0 Å². The standard InChI is InChI=1S/C22H25N7O3S2/c1-3-28(4-2)34(31,32)16-9-7-8-15(14-16)20-26-27-22(29(20)23)33-13-12-19-24-18-11-6-5-10-17(18)21(30)25-19/h5-11,14H,3-4,12-13,23H2,1-2H3,(H,24,25,30). The number of H-pyrrole nitrogens is 1. The van der Waals surface area contributed by atoms with E-state index in [1.54, 1.807) is 56.3 Å². The molecule has 0 unspecified atom stereocenters. The zero-order valence-corrected chi connectivity index (χ0v) is 20.4. The molecular formula is C22H25N7O3S2. The van der Waals surface area contributed by atoms with Gasteiger partial charge in [0.05, 0.1) is 15.8 Å². The summed E-state index contributed by atoms with van der Waals surface area (Å²) in [6.45, 7) is 4.37. The Hall–Kier alpha value is -3.22. The number of para-hydroxylation sites is 1. The van der Waals surface area contributed by atoms with Crippen molar-refractivity contribution < 1.29 is 8.42 Å². The zero-order valence-electron chi connectivity index (χ0n) is 18.8. The first-order valence-electron chi connectivity index (χ1n) is 10.8. The molecule has 178 valence electrons. The van der Waals surface area contributed by atoms with Gasteiger partial charge in [0, 0.05) is 30.8 Å². The number of nitrogens with zero attached hydrogens (tertiary/aromatic N) is 5. The lowest BCUT2D eigenvalue weighted by atomic mass is 10.2. The van der Waals surface area contributed by atoms with E-state index in [-0.39, 0.29) is 10.5 Å². The molecule has 4 aromatic rings. The highest BCUT2D eigenvalue weighted by Gasteiger charge is 2.23. The average molecular weight is 500 g/mol. The second kappa shape index (κ2) is 9.95. The molecule has 2 heterocycles. The fourth-order valence-electron chi connectivity index (χ4n) is 3.57. The van der Waals surface area contributed by atoms with E-state index in [2.05, 4.69) is 20.2 Å². The Morgan fingerprint density at radius 2 is 1.85 bits per heavy atom. The Balaban J connectivity index is 1.50. The van der Waals surface area contributed by atoms with Gasteiger partial charge in [-0.2, -0.15) is 4.31 Å². The largest absolute Gasteiger partial charge is 0.335 e. The average Bonchev–Trinajstić information content (AvgIpc) is 3.20. The number of nitrogen functional groups attached to an aromatic ring is 1. The van der Waals surface area contributed by atoms with Gasteiger partial charge in [0.1, 0.15) is 5.82 Å². The minimum absolute atomic E-state index is 0.172. The van der Waals surface area contributed by atoms with Gasteiger partial charge in [-0.3, -0.25) is 4.79 Å². The molecule has 0 fully saturated rings. The predicted octanol–water partition coefficient (Wildman–Crippen LogP) is 2.26. The second-order valence-corrected chi connectivity index (χ2v) is 10.4. The summed E-state index contributed by atoms with van der Waals surface area (Å²) < 4.78 is 28.5. The van der Waals surface area contributed by atoms with E-state index in [1.165, 1.54) is 20.7 Å². The number of sulfonamides is 1. The normalized spacial score (nSPS) is 12.0. The van der Waals surface area contributed by atoms with E-state index in [1.807, 2.05) is 6.07 Å². The summed E-state index contributed by atoms with van der Waals surface area (Å²) in [6.07, 6.45) is 0.504. The fraction of sp³-hybridized carbons (Fsp3) is 0.273. The van der Waals surface area contributed by atoms with Crippen molar-refractivity contribution in [1.82, 2.24) is 29.1 Å². The topological polar surface area (TPSA) is 140 Å². The molecule has 0 aliphatic rings. The number of nitrogens with two attached hydrogens (primary N) is 1. The highest BCUT2D eigenvalue weighted by atomic mass is 32.2. The minimum Gasteiger partial charge on any atom is -0.335 e. The lowest BCUT2D eigenvalue weighted by Gasteiger charge is -2.18. The quantitative estimate of drug-likeness (QED) is 0.264. The number of nitrogens with one attached hydrogen (secondary N) is 1. The summed E-state index contributed by atoms with van der Waals surface area (Å²) in [5.41, 5.74) is 1.03. The van der Waals surface area contributed by atoms with Crippen molar-refractivity contribution in [1.29, 1.82) is 0 Å². The van der Waals surface area contributed by atoms with E-state index in [0.717, 1.165) is 0 Å². The second-order valence-electron chi connectivity index (χ2n) is 7.42. The van der Waals surface area contributed by atoms with Gasteiger partial charge in [0.2, 0.25) is 15.2 Å². The molecule has 2 aromatic carbocycles. The maximum atomic E-state index is 12.9. The number of aromatic nitrogens is 5. The third-order valence-corrected chi connectivity index (χ3v) is 8.32. The molecule has 10 nitrogen and oxygen atoms in total. The van der Waals surface area contributed by atoms with Crippen molar-refractivity contribution in [2.24, 2.45) is 0 Å². The van der Waals surface area contributed by atoms with Gasteiger partial charge in [-0.1, -0.05) is 49.9 Å². The van der Waals surface area contributed by atoms with Crippen LogP contribution < -0.4 is 11.4 Å². The van der Waals surface area contributed by atoms with Crippen molar-refractivity contribution in [3.8, 4) is 11.4 Å². The molecule has 0 amide bonds. The lowest BCUT2D eigenvalue weighted by molar-refractivity contribution is 0.445. The Kier molecular flexibility index (Phi) is 7.00. The smallest absolute Gasteiger partial charge is 0.258 e. The highest BCUT2D eigenvalue weighted by Crippen LogP contribution is 2.25. The highest BCUT2D eigenvalue weighted by molar-refractivity contribution is 7.99. The summed E-state index contributed by atoms with van der Waals surface area (Å²) >= 11 is 1.37. The molecule has 4 rings (SSSR count). The summed E-state index contributed by atoms with van der Waals surface area (Å²) in [5.74, 6) is 7.72. The van der Waals surface area contributed by atoms with Gasteiger partial charge >= 0.3 is 0 Å². The molecule has 12 heteroatoms. The summed E-state index contributed by atoms with van der Waals surface area (Å²) in [7, 11) is -3.61. The third kappa shape index (κ3) is 4.69. The summed E-state index contributed by atoms with van der Waals surface area (Å²) in [5, 5.41) is 9.33. The van der Waals surface area contributed by atoms with E-state index >= 15 is 0 Å². The van der Waals surface area contributed by atoms with Crippen LogP contribution in [0.4, 0.5) is 0 Å². The van der Waals surface area contributed by atoms with Crippen molar-refractivity contribution in [3.05, 3.63) is 64.7 Å². The van der Waals surface area contributed by atoms with Gasteiger partial charge < -0.3 is 10.8 Å². The first kappa shape index (κ1) is 23.9. The van der Waals surface area contributed by atoms with Crippen LogP contribution in [-0.2, 0) is 16.4 Å². The number of hydrogen-bond donors (Lipinski definition) is 2. The van der Waals surface area contributed by atoms with Crippen LogP contribution in [0.1, 0.15) is 19.7 Å². The van der Waals surface area contributed by atoms with Crippen molar-refractivity contribution in [2.75, 3.05) is 24.7 Å². The molecule has 3 N–H and O–H groups in total. The lowest BCUT2D eigenvalue weighted by Crippen LogP contribution is -2.30. The Bertz CT molecular complexity index is 1480. The van der Waals surface area contributed by atoms with Crippen molar-refractivity contribution in [2.45, 2.75) is 30.3 Å². The van der Waals surface area contributed by atoms with Gasteiger partial charge in [0.15, 0.2) is 5.82 Å². The zero-order chi connectivity index (χ0) is 24.3. The first-order chi connectivity index (χ1) is 16.3. The number of fused-ring (bicyclic) bond motifs is 1. The van der Waals surface area contributed by atoms with Crippen molar-refractivity contribution >= 4 is 32.7 Å². The molecule has 0 spiro atoms. The van der Waals surface area contributed by atoms with Crippen LogP contribution >= 0.6 is 11.8 Å². The van der Waals surface area contributed by atoms with Crippen LogP contribution in [0.25, 0.3) is 22.3 Å². The molecular weight excluding hydrogens is 474 g/mol. The van der Waals surface area contributed by atoms with E-state index in [0.29, 0.717) is 58.5 Å². The summed E-state index contributed by atoms with van der Waals surface area (Å²) in [4.78, 5) is 19.7. The molecule has 0 saturated heterocycles. The number of hydrogen-bond acceptors (Lipinski definition) is 8. The Morgan fingerprint density at radius 1 is 1.09 bits per heavy atom. The molecule has 0 aliphatic heterocycles. The van der Waals surface area contributed by atoms with Crippen LogP contribution in [-0.4, -0.2) is 56.4 Å². The summed E-state index contributed by atoms with van der Waals surface area (Å²) in [6, 6.07) is 13.7. The van der Waals surface area contributed by atoms with Crippen LogP contribution in [0.3, 0.4) is 0 Å². The maximum Gasteiger partial charge on any atom is 0.258 e. The van der Waals surface area contributed by atoms with Crippen LogP contribution in [0.15, 0.2) is 63.4 Å². The number of aromatic amines is 1. The molecule has 0 saturated carbocycles. The van der Waals surface area contributed by atoms with Gasteiger partial charge in [0.25, 0.3) is 5.56 Å². The number of benzene rings is 2. The first-order valence-corrected chi connectivity index (χ1v) is 13.2. The number of rotatable bonds is 9. The molecule has 2 aromatic heterocycles. The Morgan fingerprint density at radius 3 is 2.62 bits per heavy atom. The maximum absolute atomic E-state index is 12.9. The van der Waals surface area contributed by atoms with E-state index < -0.39 is 10.0 Å². The minimum atomic E-state index is -3.61. The van der Waals surface area contributed by atoms with E-state index in [4.69, 9.17) is 5.84 Å².